The van der Waals surface area contributed by atoms with Gasteiger partial charge in [0.1, 0.15) is 11.4 Å². The molecule has 0 spiro atoms. The summed E-state index contributed by atoms with van der Waals surface area (Å²) < 4.78 is 1.79. The zero-order valence-corrected chi connectivity index (χ0v) is 9.01. The van der Waals surface area contributed by atoms with Gasteiger partial charge in [-0.2, -0.15) is 10.2 Å². The molecule has 2 N–H and O–H groups in total. The molecule has 0 saturated carbocycles. The summed E-state index contributed by atoms with van der Waals surface area (Å²) in [7, 11) is 0. The predicted molar refractivity (Wildman–Crippen MR) is 57.2 cm³/mol. The van der Waals surface area contributed by atoms with Crippen LogP contribution in [-0.2, 0) is 0 Å². The maximum absolute atomic E-state index is 10.7. The molecule has 0 aliphatic heterocycles. The Kier molecular flexibility index (Phi) is 2.47. The molecule has 0 aromatic carbocycles. The average molecular weight is 220 g/mol. The molecule has 0 unspecified atom stereocenters. The van der Waals surface area contributed by atoms with Crippen LogP contribution in [0.25, 0.3) is 11.4 Å². The van der Waals surface area contributed by atoms with E-state index in [4.69, 9.17) is 5.11 Å². The Morgan fingerprint density at radius 1 is 1.56 bits per heavy atom. The molecule has 0 fully saturated rings. The van der Waals surface area contributed by atoms with Gasteiger partial charge in [-0.1, -0.05) is 0 Å². The number of H-pyrrole nitrogens is 1. The van der Waals surface area contributed by atoms with Crippen molar-refractivity contribution in [2.24, 2.45) is 0 Å². The lowest BCUT2D eigenvalue weighted by molar-refractivity contribution is 0.0690. The SMILES string of the molecule is CC(C)n1nccc1-c1cc(C(=O)O)[nH]n1. The van der Waals surface area contributed by atoms with E-state index in [1.54, 1.807) is 10.9 Å². The number of aromatic carboxylic acids is 1. The molecule has 0 bridgehead atoms. The van der Waals surface area contributed by atoms with Crippen LogP contribution < -0.4 is 0 Å². The first-order valence-corrected chi connectivity index (χ1v) is 4.92. The number of carboxylic acid groups (broad SMARTS) is 1. The van der Waals surface area contributed by atoms with Crippen molar-refractivity contribution in [1.29, 1.82) is 0 Å². The highest BCUT2D eigenvalue weighted by atomic mass is 16.4. The highest BCUT2D eigenvalue weighted by Gasteiger charge is 2.13. The summed E-state index contributed by atoms with van der Waals surface area (Å²) in [6.07, 6.45) is 1.67. The van der Waals surface area contributed by atoms with E-state index < -0.39 is 5.97 Å². The van der Waals surface area contributed by atoms with Gasteiger partial charge < -0.3 is 5.11 Å². The third-order valence-electron chi connectivity index (χ3n) is 2.23. The van der Waals surface area contributed by atoms with E-state index >= 15 is 0 Å². The molecule has 16 heavy (non-hydrogen) atoms. The number of hydrogen-bond donors (Lipinski definition) is 2. The van der Waals surface area contributed by atoms with Gasteiger partial charge in [-0.3, -0.25) is 9.78 Å². The summed E-state index contributed by atoms with van der Waals surface area (Å²) >= 11 is 0. The molecule has 0 amide bonds. The van der Waals surface area contributed by atoms with Crippen LogP contribution in [0.1, 0.15) is 30.4 Å². The summed E-state index contributed by atoms with van der Waals surface area (Å²) in [6.45, 7) is 4.00. The van der Waals surface area contributed by atoms with E-state index in [1.807, 2.05) is 19.9 Å². The van der Waals surface area contributed by atoms with Gasteiger partial charge >= 0.3 is 5.97 Å². The van der Waals surface area contributed by atoms with Crippen LogP contribution in [-0.4, -0.2) is 31.1 Å². The van der Waals surface area contributed by atoms with Crippen LogP contribution in [0.4, 0.5) is 0 Å². The second-order valence-electron chi connectivity index (χ2n) is 3.73. The van der Waals surface area contributed by atoms with Crippen molar-refractivity contribution >= 4 is 5.97 Å². The second-order valence-corrected chi connectivity index (χ2v) is 3.73. The number of rotatable bonds is 3. The molecule has 0 radical (unpaired) electrons. The van der Waals surface area contributed by atoms with Gasteiger partial charge in [0.25, 0.3) is 0 Å². The van der Waals surface area contributed by atoms with Crippen LogP contribution in [0.2, 0.25) is 0 Å². The summed E-state index contributed by atoms with van der Waals surface area (Å²) in [5, 5.41) is 19.4. The zero-order chi connectivity index (χ0) is 11.7. The maximum atomic E-state index is 10.7. The minimum Gasteiger partial charge on any atom is -0.477 e. The number of aromatic amines is 1. The monoisotopic (exact) mass is 220 g/mol. The minimum atomic E-state index is -1.02. The summed E-state index contributed by atoms with van der Waals surface area (Å²) in [6, 6.07) is 3.51. The number of nitrogens with zero attached hydrogens (tertiary/aromatic N) is 3. The third kappa shape index (κ3) is 1.69. The number of aromatic nitrogens is 4. The first kappa shape index (κ1) is 10.4. The standard InChI is InChI=1S/C10H12N4O2/c1-6(2)14-9(3-4-11-14)7-5-8(10(15)16)13-12-7/h3-6H,1-2H3,(H,12,13)(H,15,16). The molecule has 0 aliphatic rings. The smallest absolute Gasteiger partial charge is 0.353 e. The summed E-state index contributed by atoms with van der Waals surface area (Å²) in [5.41, 5.74) is 1.47. The molecule has 6 heteroatoms. The number of carbonyl (C=O) groups is 1. The lowest BCUT2D eigenvalue weighted by Gasteiger charge is -2.08. The van der Waals surface area contributed by atoms with Crippen LogP contribution in [0, 0.1) is 0 Å². The highest BCUT2D eigenvalue weighted by molar-refractivity contribution is 5.86. The van der Waals surface area contributed by atoms with Gasteiger partial charge in [0.05, 0.1) is 5.69 Å². The third-order valence-corrected chi connectivity index (χ3v) is 2.23. The Morgan fingerprint density at radius 2 is 2.31 bits per heavy atom. The van der Waals surface area contributed by atoms with Crippen molar-refractivity contribution < 1.29 is 9.90 Å². The van der Waals surface area contributed by atoms with E-state index in [0.29, 0.717) is 5.69 Å². The lowest BCUT2D eigenvalue weighted by atomic mass is 10.2. The van der Waals surface area contributed by atoms with Gasteiger partial charge in [-0.05, 0) is 19.9 Å². The van der Waals surface area contributed by atoms with Crippen molar-refractivity contribution in [3.8, 4) is 11.4 Å². The quantitative estimate of drug-likeness (QED) is 0.822. The fourth-order valence-electron chi connectivity index (χ4n) is 1.49. The maximum Gasteiger partial charge on any atom is 0.353 e. The van der Waals surface area contributed by atoms with Gasteiger partial charge in [0.15, 0.2) is 0 Å². The topological polar surface area (TPSA) is 83.8 Å². The van der Waals surface area contributed by atoms with E-state index in [0.717, 1.165) is 5.69 Å². The van der Waals surface area contributed by atoms with Crippen LogP contribution in [0.3, 0.4) is 0 Å². The molecule has 84 valence electrons. The molecule has 0 atom stereocenters. The van der Waals surface area contributed by atoms with E-state index in [2.05, 4.69) is 15.3 Å². The number of nitrogens with one attached hydrogen (secondary N) is 1. The normalized spacial score (nSPS) is 10.9. The van der Waals surface area contributed by atoms with E-state index in [-0.39, 0.29) is 11.7 Å². The molecule has 6 nitrogen and oxygen atoms in total. The average Bonchev–Trinajstić information content (AvgIpc) is 2.86. The van der Waals surface area contributed by atoms with Gasteiger partial charge in [-0.25, -0.2) is 4.79 Å². The first-order chi connectivity index (χ1) is 7.59. The Hall–Kier alpha value is -2.11. The molecule has 2 aromatic rings. The van der Waals surface area contributed by atoms with Gasteiger partial charge in [-0.15, -0.1) is 0 Å². The minimum absolute atomic E-state index is 0.0755. The van der Waals surface area contributed by atoms with Crippen molar-refractivity contribution in [3.63, 3.8) is 0 Å². The fraction of sp³-hybridized carbons (Fsp3) is 0.300. The largest absolute Gasteiger partial charge is 0.477 e. The van der Waals surface area contributed by atoms with Crippen molar-refractivity contribution in [3.05, 3.63) is 24.0 Å². The van der Waals surface area contributed by atoms with Crippen LogP contribution in [0.15, 0.2) is 18.3 Å². The first-order valence-electron chi connectivity index (χ1n) is 4.92. The van der Waals surface area contributed by atoms with Crippen LogP contribution >= 0.6 is 0 Å². The van der Waals surface area contributed by atoms with E-state index in [9.17, 15) is 4.79 Å². The zero-order valence-electron chi connectivity index (χ0n) is 9.01. The van der Waals surface area contributed by atoms with Gasteiger partial charge in [0.2, 0.25) is 0 Å². The van der Waals surface area contributed by atoms with Crippen molar-refractivity contribution in [1.82, 2.24) is 20.0 Å². The molecule has 2 rings (SSSR count). The van der Waals surface area contributed by atoms with Crippen molar-refractivity contribution in [2.45, 2.75) is 19.9 Å². The summed E-state index contributed by atoms with van der Waals surface area (Å²) in [4.78, 5) is 10.7. The van der Waals surface area contributed by atoms with Crippen LogP contribution in [0.5, 0.6) is 0 Å². The van der Waals surface area contributed by atoms with Gasteiger partial charge in [0, 0.05) is 18.3 Å². The highest BCUT2D eigenvalue weighted by Crippen LogP contribution is 2.20. The fourth-order valence-corrected chi connectivity index (χ4v) is 1.49. The van der Waals surface area contributed by atoms with Crippen molar-refractivity contribution in [2.75, 3.05) is 0 Å². The molecular formula is C10H12N4O2. The molecule has 2 aromatic heterocycles. The predicted octanol–water partition coefficient (Wildman–Crippen LogP) is 1.55. The number of carboxylic acids is 1. The second kappa shape index (κ2) is 3.80. The van der Waals surface area contributed by atoms with E-state index in [1.165, 1.54) is 6.07 Å². The Balaban J connectivity index is 2.42. The molecule has 0 aliphatic carbocycles. The molecule has 0 saturated heterocycles. The lowest BCUT2D eigenvalue weighted by Crippen LogP contribution is -2.04. The Labute approximate surface area is 91.9 Å². The Morgan fingerprint density at radius 3 is 2.88 bits per heavy atom. The number of hydrogen-bond acceptors (Lipinski definition) is 3. The molecule has 2 heterocycles. The molecular weight excluding hydrogens is 208 g/mol. The Bertz CT molecular complexity index is 512. The summed E-state index contributed by atoms with van der Waals surface area (Å²) in [5.74, 6) is -1.02.